The van der Waals surface area contributed by atoms with Gasteiger partial charge >= 0.3 is 5.97 Å². The fourth-order valence-electron chi connectivity index (χ4n) is 5.03. The van der Waals surface area contributed by atoms with Gasteiger partial charge in [-0.15, -0.1) is 0 Å². The summed E-state index contributed by atoms with van der Waals surface area (Å²) in [7, 11) is 1.36. The molecule has 0 bridgehead atoms. The first-order valence-electron chi connectivity index (χ1n) is 11.6. The molecule has 1 saturated heterocycles. The van der Waals surface area contributed by atoms with Crippen LogP contribution >= 0.6 is 11.6 Å². The SMILES string of the molecule is COC(=O)c1ccc([C@H](C)NC(=O)C2(N3CC[C@@H](Oc4cccc(Cl)c4)C3)CCCC2)cc1. The molecule has 2 aromatic rings. The van der Waals surface area contributed by atoms with Crippen molar-refractivity contribution >= 4 is 23.5 Å². The molecule has 0 radical (unpaired) electrons. The standard InChI is InChI=1S/C26H31ClN2O4/c1-18(19-8-10-20(11-9-19)24(30)32-2)28-25(31)26(13-3-4-14-26)29-15-12-23(17-29)33-22-7-5-6-21(27)16-22/h5-11,16,18,23H,3-4,12-15,17H2,1-2H3,(H,28,31)/t18-,23+/m0/s1. The number of esters is 1. The smallest absolute Gasteiger partial charge is 0.337 e. The molecule has 1 N–H and O–H groups in total. The molecule has 2 atom stereocenters. The van der Waals surface area contributed by atoms with Crippen molar-refractivity contribution in [3.8, 4) is 5.75 Å². The third-order valence-corrected chi connectivity index (χ3v) is 7.12. The van der Waals surface area contributed by atoms with Crippen molar-refractivity contribution in [2.24, 2.45) is 0 Å². The molecular weight excluding hydrogens is 440 g/mol. The molecule has 1 amide bonds. The van der Waals surface area contributed by atoms with Gasteiger partial charge < -0.3 is 14.8 Å². The minimum atomic E-state index is -0.493. The predicted molar refractivity (Wildman–Crippen MR) is 128 cm³/mol. The maximum absolute atomic E-state index is 13.6. The van der Waals surface area contributed by atoms with Gasteiger partial charge in [-0.05, 0) is 62.1 Å². The summed E-state index contributed by atoms with van der Waals surface area (Å²) in [4.78, 5) is 27.6. The zero-order chi connectivity index (χ0) is 23.4. The van der Waals surface area contributed by atoms with Gasteiger partial charge in [-0.2, -0.15) is 0 Å². The minimum Gasteiger partial charge on any atom is -0.489 e. The van der Waals surface area contributed by atoms with Crippen molar-refractivity contribution in [1.82, 2.24) is 10.2 Å². The molecule has 0 aromatic heterocycles. The number of likely N-dealkylation sites (tertiary alicyclic amines) is 1. The van der Waals surface area contributed by atoms with Crippen LogP contribution in [-0.4, -0.2) is 48.6 Å². The van der Waals surface area contributed by atoms with Crippen LogP contribution < -0.4 is 10.1 Å². The quantitative estimate of drug-likeness (QED) is 0.590. The first kappa shape index (κ1) is 23.6. The maximum atomic E-state index is 13.6. The fraction of sp³-hybridized carbons (Fsp3) is 0.462. The average Bonchev–Trinajstić information content (AvgIpc) is 3.49. The summed E-state index contributed by atoms with van der Waals surface area (Å²) in [5, 5.41) is 3.89. The van der Waals surface area contributed by atoms with Gasteiger partial charge in [-0.1, -0.05) is 42.6 Å². The number of ether oxygens (including phenoxy) is 2. The number of rotatable bonds is 7. The number of halogens is 1. The lowest BCUT2D eigenvalue weighted by atomic mass is 9.93. The Morgan fingerprint density at radius 1 is 1.15 bits per heavy atom. The highest BCUT2D eigenvalue weighted by Gasteiger charge is 2.49. The van der Waals surface area contributed by atoms with Gasteiger partial charge in [0.2, 0.25) is 5.91 Å². The normalized spacial score (nSPS) is 20.9. The van der Waals surface area contributed by atoms with Crippen LogP contribution in [0.25, 0.3) is 0 Å². The highest BCUT2D eigenvalue weighted by atomic mass is 35.5. The first-order chi connectivity index (χ1) is 15.9. The lowest BCUT2D eigenvalue weighted by Gasteiger charge is -2.38. The second kappa shape index (κ2) is 10.1. The number of amides is 1. The largest absolute Gasteiger partial charge is 0.489 e. The predicted octanol–water partition coefficient (Wildman–Crippen LogP) is 4.77. The van der Waals surface area contributed by atoms with Crippen LogP contribution in [0, 0.1) is 0 Å². The van der Waals surface area contributed by atoms with Gasteiger partial charge in [0.1, 0.15) is 17.4 Å². The number of benzene rings is 2. The number of hydrogen-bond donors (Lipinski definition) is 1. The van der Waals surface area contributed by atoms with Crippen molar-refractivity contribution in [3.05, 3.63) is 64.7 Å². The van der Waals surface area contributed by atoms with Crippen LogP contribution in [0.3, 0.4) is 0 Å². The van der Waals surface area contributed by atoms with E-state index in [0.717, 1.165) is 56.5 Å². The molecule has 176 valence electrons. The van der Waals surface area contributed by atoms with E-state index in [1.165, 1.54) is 7.11 Å². The molecule has 33 heavy (non-hydrogen) atoms. The molecule has 4 rings (SSSR count). The molecule has 1 saturated carbocycles. The summed E-state index contributed by atoms with van der Waals surface area (Å²) in [6, 6.07) is 14.5. The molecule has 0 unspecified atom stereocenters. The average molecular weight is 471 g/mol. The van der Waals surface area contributed by atoms with Crippen molar-refractivity contribution in [1.29, 1.82) is 0 Å². The molecule has 0 spiro atoms. The van der Waals surface area contributed by atoms with E-state index >= 15 is 0 Å². The molecule has 2 aromatic carbocycles. The minimum absolute atomic E-state index is 0.0389. The van der Waals surface area contributed by atoms with Crippen LogP contribution in [0.2, 0.25) is 5.02 Å². The number of carbonyl (C=O) groups excluding carboxylic acids is 2. The monoisotopic (exact) mass is 470 g/mol. The lowest BCUT2D eigenvalue weighted by molar-refractivity contribution is -0.133. The van der Waals surface area contributed by atoms with Crippen LogP contribution in [0.1, 0.15) is 61.0 Å². The van der Waals surface area contributed by atoms with E-state index in [2.05, 4.69) is 10.2 Å². The molecule has 2 aliphatic rings. The number of hydrogen-bond acceptors (Lipinski definition) is 5. The summed E-state index contributed by atoms with van der Waals surface area (Å²) < 4.78 is 10.9. The van der Waals surface area contributed by atoms with E-state index in [0.29, 0.717) is 10.6 Å². The summed E-state index contributed by atoms with van der Waals surface area (Å²) in [6.07, 6.45) is 4.73. The van der Waals surface area contributed by atoms with Crippen LogP contribution in [0.5, 0.6) is 5.75 Å². The Balaban J connectivity index is 1.42. The third kappa shape index (κ3) is 5.17. The molecule has 1 heterocycles. The van der Waals surface area contributed by atoms with E-state index < -0.39 is 5.54 Å². The molecule has 7 heteroatoms. The Morgan fingerprint density at radius 3 is 2.55 bits per heavy atom. The summed E-state index contributed by atoms with van der Waals surface area (Å²) >= 11 is 6.09. The third-order valence-electron chi connectivity index (χ3n) is 6.88. The number of nitrogens with zero attached hydrogens (tertiary/aromatic N) is 1. The van der Waals surface area contributed by atoms with Crippen LogP contribution in [0.4, 0.5) is 0 Å². The van der Waals surface area contributed by atoms with Gasteiger partial charge in [-0.3, -0.25) is 9.69 Å². The summed E-state index contributed by atoms with van der Waals surface area (Å²) in [6.45, 7) is 3.53. The number of methoxy groups -OCH3 is 1. The van der Waals surface area contributed by atoms with Crippen molar-refractivity contribution in [2.45, 2.75) is 56.7 Å². The number of nitrogens with one attached hydrogen (secondary N) is 1. The van der Waals surface area contributed by atoms with Gasteiger partial charge in [0.05, 0.1) is 18.7 Å². The first-order valence-corrected chi connectivity index (χ1v) is 12.0. The van der Waals surface area contributed by atoms with Gasteiger partial charge in [0, 0.05) is 18.1 Å². The van der Waals surface area contributed by atoms with E-state index in [1.54, 1.807) is 12.1 Å². The zero-order valence-corrected chi connectivity index (χ0v) is 19.9. The number of carbonyl (C=O) groups is 2. The Labute approximate surface area is 200 Å². The van der Waals surface area contributed by atoms with E-state index in [1.807, 2.05) is 43.3 Å². The Bertz CT molecular complexity index is 988. The maximum Gasteiger partial charge on any atom is 0.337 e. The Hall–Kier alpha value is -2.57. The lowest BCUT2D eigenvalue weighted by Crippen LogP contribution is -2.57. The zero-order valence-electron chi connectivity index (χ0n) is 19.2. The second-order valence-corrected chi connectivity index (χ2v) is 9.42. The highest BCUT2D eigenvalue weighted by Crippen LogP contribution is 2.39. The summed E-state index contributed by atoms with van der Waals surface area (Å²) in [5.74, 6) is 0.475. The van der Waals surface area contributed by atoms with E-state index in [-0.39, 0.29) is 24.0 Å². The topological polar surface area (TPSA) is 67.9 Å². The Kier molecular flexibility index (Phi) is 7.25. The highest BCUT2D eigenvalue weighted by molar-refractivity contribution is 6.30. The Morgan fingerprint density at radius 2 is 1.88 bits per heavy atom. The van der Waals surface area contributed by atoms with Gasteiger partial charge in [-0.25, -0.2) is 4.79 Å². The molecule has 2 fully saturated rings. The van der Waals surface area contributed by atoms with E-state index in [9.17, 15) is 9.59 Å². The van der Waals surface area contributed by atoms with Crippen LogP contribution in [-0.2, 0) is 9.53 Å². The molecule has 1 aliphatic carbocycles. The molecule has 6 nitrogen and oxygen atoms in total. The van der Waals surface area contributed by atoms with Crippen molar-refractivity contribution < 1.29 is 19.1 Å². The van der Waals surface area contributed by atoms with Crippen molar-refractivity contribution in [3.63, 3.8) is 0 Å². The van der Waals surface area contributed by atoms with Crippen LogP contribution in [0.15, 0.2) is 48.5 Å². The second-order valence-electron chi connectivity index (χ2n) is 8.98. The van der Waals surface area contributed by atoms with Gasteiger partial charge in [0.25, 0.3) is 0 Å². The van der Waals surface area contributed by atoms with Gasteiger partial charge in [0.15, 0.2) is 0 Å². The summed E-state index contributed by atoms with van der Waals surface area (Å²) in [5.41, 5.74) is 0.953. The van der Waals surface area contributed by atoms with E-state index in [4.69, 9.17) is 21.1 Å². The molecular formula is C26H31ClN2O4. The molecule has 1 aliphatic heterocycles. The van der Waals surface area contributed by atoms with Crippen molar-refractivity contribution in [2.75, 3.05) is 20.2 Å². The fourth-order valence-corrected chi connectivity index (χ4v) is 5.21.